The number of fused-ring (bicyclic) bond motifs is 1. The highest BCUT2D eigenvalue weighted by molar-refractivity contribution is 7.90. The van der Waals surface area contributed by atoms with Crippen molar-refractivity contribution in [2.75, 3.05) is 18.9 Å². The van der Waals surface area contributed by atoms with Crippen LogP contribution >= 0.6 is 0 Å². The van der Waals surface area contributed by atoms with E-state index in [4.69, 9.17) is 4.74 Å². The summed E-state index contributed by atoms with van der Waals surface area (Å²) < 4.78 is 31.8. The van der Waals surface area contributed by atoms with Gasteiger partial charge in [-0.15, -0.1) is 4.40 Å². The lowest BCUT2D eigenvalue weighted by Gasteiger charge is -2.26. The highest BCUT2D eigenvalue weighted by atomic mass is 32.2. The Balaban J connectivity index is 1.67. The summed E-state index contributed by atoms with van der Waals surface area (Å²) in [6.45, 7) is 5.60. The Morgan fingerprint density at radius 2 is 1.81 bits per heavy atom. The standard InChI is InChI=1S/C19H20N2O5S/c1-12-8-14(3)16(9-13(12)2)17(22)11-26-19(23)15-4-5-18-20-27(24,25)7-6-21(18)10-15/h4-5,8-10H,6-7,11H2,1-3H3. The first-order valence-electron chi connectivity index (χ1n) is 8.43. The van der Waals surface area contributed by atoms with Gasteiger partial charge in [0.25, 0.3) is 10.0 Å². The van der Waals surface area contributed by atoms with Crippen LogP contribution in [0.15, 0.2) is 40.5 Å². The number of amidine groups is 1. The monoisotopic (exact) mass is 388 g/mol. The second-order valence-corrected chi connectivity index (χ2v) is 8.35. The number of hydrogen-bond acceptors (Lipinski definition) is 6. The molecular formula is C19H20N2O5S. The molecule has 0 aliphatic carbocycles. The van der Waals surface area contributed by atoms with Gasteiger partial charge in [0.1, 0.15) is 5.84 Å². The van der Waals surface area contributed by atoms with Crippen LogP contribution < -0.4 is 0 Å². The average molecular weight is 388 g/mol. The van der Waals surface area contributed by atoms with Gasteiger partial charge in [0.2, 0.25) is 5.78 Å². The Labute approximate surface area is 158 Å². The summed E-state index contributed by atoms with van der Waals surface area (Å²) in [7, 11) is -3.45. The molecule has 142 valence electrons. The zero-order valence-electron chi connectivity index (χ0n) is 15.4. The van der Waals surface area contributed by atoms with Crippen LogP contribution in [0.4, 0.5) is 0 Å². The molecule has 0 bridgehead atoms. The van der Waals surface area contributed by atoms with Crippen molar-refractivity contribution >= 4 is 27.6 Å². The molecule has 8 heteroatoms. The van der Waals surface area contributed by atoms with Gasteiger partial charge in [-0.25, -0.2) is 13.2 Å². The summed E-state index contributed by atoms with van der Waals surface area (Å²) in [5.41, 5.74) is 3.71. The van der Waals surface area contributed by atoms with Crippen LogP contribution in [0.2, 0.25) is 0 Å². The third kappa shape index (κ3) is 4.16. The maximum Gasteiger partial charge on any atom is 0.340 e. The molecule has 27 heavy (non-hydrogen) atoms. The van der Waals surface area contributed by atoms with Crippen LogP contribution in [-0.4, -0.2) is 49.8 Å². The highest BCUT2D eigenvalue weighted by Crippen LogP contribution is 2.18. The van der Waals surface area contributed by atoms with Crippen molar-refractivity contribution < 1.29 is 22.7 Å². The predicted molar refractivity (Wildman–Crippen MR) is 101 cm³/mol. The normalized spacial score (nSPS) is 17.7. The molecule has 7 nitrogen and oxygen atoms in total. The molecule has 2 aliphatic heterocycles. The molecule has 0 N–H and O–H groups in total. The van der Waals surface area contributed by atoms with E-state index in [-0.39, 0.29) is 36.1 Å². The smallest absolute Gasteiger partial charge is 0.340 e. The quantitative estimate of drug-likeness (QED) is 0.577. The van der Waals surface area contributed by atoms with Gasteiger partial charge in [0.15, 0.2) is 6.61 Å². The summed E-state index contributed by atoms with van der Waals surface area (Å²) in [4.78, 5) is 26.2. The van der Waals surface area contributed by atoms with Crippen LogP contribution in [0.25, 0.3) is 0 Å². The van der Waals surface area contributed by atoms with Crippen LogP contribution in [0.1, 0.15) is 27.0 Å². The fraction of sp³-hybridized carbons (Fsp3) is 0.316. The first-order chi connectivity index (χ1) is 12.7. The fourth-order valence-electron chi connectivity index (χ4n) is 2.87. The highest BCUT2D eigenvalue weighted by Gasteiger charge is 2.25. The molecule has 1 aromatic rings. The van der Waals surface area contributed by atoms with Crippen molar-refractivity contribution in [3.05, 3.63) is 58.3 Å². The van der Waals surface area contributed by atoms with Gasteiger partial charge in [-0.2, -0.15) is 0 Å². The van der Waals surface area contributed by atoms with Gasteiger partial charge in [-0.3, -0.25) is 4.79 Å². The Morgan fingerprint density at radius 3 is 2.56 bits per heavy atom. The molecule has 0 saturated heterocycles. The van der Waals surface area contributed by atoms with Crippen molar-refractivity contribution in [2.24, 2.45) is 4.40 Å². The van der Waals surface area contributed by atoms with Crippen molar-refractivity contribution in [2.45, 2.75) is 20.8 Å². The minimum atomic E-state index is -3.45. The van der Waals surface area contributed by atoms with E-state index in [1.807, 2.05) is 26.8 Å². The van der Waals surface area contributed by atoms with Gasteiger partial charge < -0.3 is 9.64 Å². The fourth-order valence-corrected chi connectivity index (χ4v) is 3.84. The van der Waals surface area contributed by atoms with E-state index < -0.39 is 16.0 Å². The number of Topliss-reactive ketones (excluding diaryl/α,β-unsaturated/α-hetero) is 1. The molecular weight excluding hydrogens is 368 g/mol. The molecule has 0 fully saturated rings. The number of sulfonamides is 1. The van der Waals surface area contributed by atoms with Crippen LogP contribution in [-0.2, 0) is 19.6 Å². The molecule has 0 unspecified atom stereocenters. The first-order valence-corrected chi connectivity index (χ1v) is 10.0. The third-order valence-corrected chi connectivity index (χ3v) is 5.70. The lowest BCUT2D eigenvalue weighted by Crippen LogP contribution is -2.37. The van der Waals surface area contributed by atoms with Gasteiger partial charge in [-0.05, 0) is 55.7 Å². The summed E-state index contributed by atoms with van der Waals surface area (Å²) in [6, 6.07) is 3.74. The van der Waals surface area contributed by atoms with Gasteiger partial charge >= 0.3 is 5.97 Å². The number of ketones is 1. The molecule has 0 atom stereocenters. The number of hydrogen-bond donors (Lipinski definition) is 0. The third-order valence-electron chi connectivity index (χ3n) is 4.54. The second kappa shape index (κ2) is 7.11. The van der Waals surface area contributed by atoms with E-state index in [0.717, 1.165) is 16.7 Å². The lowest BCUT2D eigenvalue weighted by atomic mass is 9.98. The second-order valence-electron chi connectivity index (χ2n) is 6.60. The van der Waals surface area contributed by atoms with E-state index in [0.29, 0.717) is 5.56 Å². The summed E-state index contributed by atoms with van der Waals surface area (Å²) >= 11 is 0. The van der Waals surface area contributed by atoms with Crippen LogP contribution in [0.3, 0.4) is 0 Å². The SMILES string of the molecule is Cc1cc(C)c(C(=O)COC(=O)C2=CN3CCS(=O)(=O)N=C3C=C2)cc1C. The minimum absolute atomic E-state index is 0.117. The van der Waals surface area contributed by atoms with Crippen LogP contribution in [0, 0.1) is 20.8 Å². The molecule has 0 aromatic heterocycles. The van der Waals surface area contributed by atoms with Gasteiger partial charge in [-0.1, -0.05) is 6.07 Å². The van der Waals surface area contributed by atoms with Crippen LogP contribution in [0.5, 0.6) is 0 Å². The molecule has 0 radical (unpaired) electrons. The first kappa shape index (κ1) is 19.0. The number of benzene rings is 1. The molecule has 0 saturated carbocycles. The van der Waals surface area contributed by atoms with Gasteiger partial charge in [0.05, 0.1) is 11.3 Å². The Kier molecular flexibility index (Phi) is 5.01. The van der Waals surface area contributed by atoms with E-state index in [1.165, 1.54) is 18.4 Å². The number of carbonyl (C=O) groups is 2. The topological polar surface area (TPSA) is 93.1 Å². The number of ether oxygens (including phenoxy) is 1. The largest absolute Gasteiger partial charge is 0.454 e. The Bertz CT molecular complexity index is 1020. The Morgan fingerprint density at radius 1 is 1.11 bits per heavy atom. The molecule has 1 aromatic carbocycles. The van der Waals surface area contributed by atoms with Crippen molar-refractivity contribution in [3.8, 4) is 0 Å². The van der Waals surface area contributed by atoms with Crippen molar-refractivity contribution in [1.82, 2.24) is 4.90 Å². The minimum Gasteiger partial charge on any atom is -0.454 e. The average Bonchev–Trinajstić information content (AvgIpc) is 2.61. The summed E-state index contributed by atoms with van der Waals surface area (Å²) in [5.74, 6) is -0.767. The number of rotatable bonds is 4. The molecule has 2 aliphatic rings. The predicted octanol–water partition coefficient (Wildman–Crippen LogP) is 1.84. The maximum absolute atomic E-state index is 12.4. The molecule has 3 rings (SSSR count). The number of aryl methyl sites for hydroxylation is 3. The lowest BCUT2D eigenvalue weighted by molar-refractivity contribution is -0.137. The maximum atomic E-state index is 12.4. The van der Waals surface area contributed by atoms with E-state index >= 15 is 0 Å². The van der Waals surface area contributed by atoms with Crippen molar-refractivity contribution in [1.29, 1.82) is 0 Å². The molecule has 0 amide bonds. The van der Waals surface area contributed by atoms with E-state index in [9.17, 15) is 18.0 Å². The summed E-state index contributed by atoms with van der Waals surface area (Å²) in [5, 5.41) is 0. The number of carbonyl (C=O) groups excluding carboxylic acids is 2. The number of esters is 1. The summed E-state index contributed by atoms with van der Waals surface area (Å²) in [6.07, 6.45) is 4.37. The van der Waals surface area contributed by atoms with E-state index in [2.05, 4.69) is 4.40 Å². The zero-order valence-corrected chi connectivity index (χ0v) is 16.2. The van der Waals surface area contributed by atoms with E-state index in [1.54, 1.807) is 11.0 Å². The number of nitrogens with zero attached hydrogens (tertiary/aromatic N) is 2. The van der Waals surface area contributed by atoms with Gasteiger partial charge in [0, 0.05) is 18.3 Å². The Hall–Kier alpha value is -2.74. The molecule has 0 spiro atoms. The van der Waals surface area contributed by atoms with Crippen molar-refractivity contribution in [3.63, 3.8) is 0 Å². The molecule has 2 heterocycles. The zero-order chi connectivity index (χ0) is 19.8.